The lowest BCUT2D eigenvalue weighted by atomic mass is 10.1. The molecule has 1 aromatic heterocycles. The highest BCUT2D eigenvalue weighted by Crippen LogP contribution is 2.28. The average Bonchev–Trinajstić information content (AvgIpc) is 3.22. The maximum absolute atomic E-state index is 11.9. The minimum Gasteiger partial charge on any atom is -0.455 e. The van der Waals surface area contributed by atoms with Crippen molar-refractivity contribution in [2.45, 2.75) is 6.92 Å². The Balaban J connectivity index is 1.58. The molecule has 0 bridgehead atoms. The van der Waals surface area contributed by atoms with Gasteiger partial charge in [-0.25, -0.2) is 5.43 Å². The summed E-state index contributed by atoms with van der Waals surface area (Å²) in [6.45, 7) is 1.72. The van der Waals surface area contributed by atoms with E-state index in [9.17, 15) is 24.5 Å². The molecular formula is C21H17N5O6. The lowest BCUT2D eigenvalue weighted by molar-refractivity contribution is -0.384. The second-order valence-electron chi connectivity index (χ2n) is 6.55. The van der Waals surface area contributed by atoms with E-state index in [2.05, 4.69) is 15.8 Å². The van der Waals surface area contributed by atoms with Crippen molar-refractivity contribution >= 4 is 35.3 Å². The number of benzene rings is 2. The number of nitrogens with one attached hydrogen (secondary N) is 2. The zero-order chi connectivity index (χ0) is 23.3. The standard InChI is InChI=1S/C21H17N5O6/c1-12-10-15(26(30)31)6-8-17(12)18-9-7-16(32-18)11-23-25-21(29)20(28)24-14-4-2-13(3-5-14)19(22)27/h2-11H,1H3,(H2,22,27)(H,24,28)(H,25,29). The third kappa shape index (κ3) is 5.21. The molecule has 162 valence electrons. The Hall–Kier alpha value is -4.80. The molecule has 0 saturated carbocycles. The second-order valence-corrected chi connectivity index (χ2v) is 6.55. The van der Waals surface area contributed by atoms with Crippen LogP contribution >= 0.6 is 0 Å². The van der Waals surface area contributed by atoms with Crippen LogP contribution in [-0.2, 0) is 9.59 Å². The predicted octanol–water partition coefficient (Wildman–Crippen LogP) is 2.35. The molecule has 3 aromatic rings. The van der Waals surface area contributed by atoms with Crippen LogP contribution in [-0.4, -0.2) is 28.9 Å². The number of nitro benzene ring substituents is 1. The molecule has 0 saturated heterocycles. The summed E-state index contributed by atoms with van der Waals surface area (Å²) in [5.41, 5.74) is 9.07. The first-order valence-corrected chi connectivity index (χ1v) is 9.14. The number of carbonyl (C=O) groups excluding carboxylic acids is 3. The van der Waals surface area contributed by atoms with E-state index in [0.29, 0.717) is 28.3 Å². The highest BCUT2D eigenvalue weighted by atomic mass is 16.6. The van der Waals surface area contributed by atoms with E-state index in [1.807, 2.05) is 0 Å². The number of hydrogen-bond donors (Lipinski definition) is 3. The molecule has 32 heavy (non-hydrogen) atoms. The topological polar surface area (TPSA) is 170 Å². The molecule has 0 aliphatic heterocycles. The van der Waals surface area contributed by atoms with E-state index >= 15 is 0 Å². The minimum absolute atomic E-state index is 0.0237. The number of hydrazone groups is 1. The summed E-state index contributed by atoms with van der Waals surface area (Å²) in [4.78, 5) is 45.2. The van der Waals surface area contributed by atoms with Gasteiger partial charge in [-0.2, -0.15) is 5.10 Å². The Morgan fingerprint density at radius 3 is 2.41 bits per heavy atom. The van der Waals surface area contributed by atoms with Crippen LogP contribution in [0.25, 0.3) is 11.3 Å². The van der Waals surface area contributed by atoms with Crippen molar-refractivity contribution in [1.29, 1.82) is 0 Å². The van der Waals surface area contributed by atoms with Gasteiger partial charge in [-0.3, -0.25) is 24.5 Å². The highest BCUT2D eigenvalue weighted by molar-refractivity contribution is 6.39. The molecule has 0 radical (unpaired) electrons. The molecule has 0 unspecified atom stereocenters. The third-order valence-electron chi connectivity index (χ3n) is 4.30. The maximum Gasteiger partial charge on any atom is 0.329 e. The monoisotopic (exact) mass is 435 g/mol. The predicted molar refractivity (Wildman–Crippen MR) is 115 cm³/mol. The molecule has 0 atom stereocenters. The normalized spacial score (nSPS) is 10.7. The number of amides is 3. The summed E-state index contributed by atoms with van der Waals surface area (Å²) in [5.74, 6) is -1.84. The van der Waals surface area contributed by atoms with E-state index in [1.54, 1.807) is 25.1 Å². The number of primary amides is 1. The molecule has 3 rings (SSSR count). The van der Waals surface area contributed by atoms with Crippen molar-refractivity contribution in [3.05, 3.63) is 81.6 Å². The summed E-state index contributed by atoms with van der Waals surface area (Å²) < 4.78 is 5.61. The molecular weight excluding hydrogens is 418 g/mol. The fourth-order valence-corrected chi connectivity index (χ4v) is 2.72. The first kappa shape index (κ1) is 21.9. The average molecular weight is 435 g/mol. The Morgan fingerprint density at radius 1 is 1.06 bits per heavy atom. The Kier molecular flexibility index (Phi) is 6.39. The van der Waals surface area contributed by atoms with Crippen LogP contribution in [0.15, 0.2) is 64.1 Å². The number of carbonyl (C=O) groups is 3. The van der Waals surface area contributed by atoms with Crippen LogP contribution in [0.3, 0.4) is 0 Å². The number of hydrogen-bond acceptors (Lipinski definition) is 7. The van der Waals surface area contributed by atoms with Gasteiger partial charge < -0.3 is 15.5 Å². The molecule has 11 nitrogen and oxygen atoms in total. The van der Waals surface area contributed by atoms with Crippen LogP contribution < -0.4 is 16.5 Å². The lowest BCUT2D eigenvalue weighted by Crippen LogP contribution is -2.32. The number of anilines is 1. The number of rotatable bonds is 6. The Morgan fingerprint density at radius 2 is 1.78 bits per heavy atom. The minimum atomic E-state index is -1.02. The number of furan rings is 1. The van der Waals surface area contributed by atoms with E-state index in [0.717, 1.165) is 0 Å². The van der Waals surface area contributed by atoms with Crippen molar-refractivity contribution in [2.75, 3.05) is 5.32 Å². The summed E-state index contributed by atoms with van der Waals surface area (Å²) in [7, 11) is 0. The maximum atomic E-state index is 11.9. The van der Waals surface area contributed by atoms with Gasteiger partial charge in [0.25, 0.3) is 5.69 Å². The molecule has 0 aliphatic carbocycles. The first-order chi connectivity index (χ1) is 15.2. The van der Waals surface area contributed by atoms with Crippen molar-refractivity contribution in [1.82, 2.24) is 5.43 Å². The van der Waals surface area contributed by atoms with Crippen LogP contribution in [0.2, 0.25) is 0 Å². The van der Waals surface area contributed by atoms with Crippen LogP contribution in [0.5, 0.6) is 0 Å². The van der Waals surface area contributed by atoms with Crippen LogP contribution in [0.4, 0.5) is 11.4 Å². The smallest absolute Gasteiger partial charge is 0.329 e. The van der Waals surface area contributed by atoms with Crippen molar-refractivity contribution in [3.63, 3.8) is 0 Å². The largest absolute Gasteiger partial charge is 0.455 e. The van der Waals surface area contributed by atoms with Gasteiger partial charge >= 0.3 is 11.8 Å². The van der Waals surface area contributed by atoms with Crippen LogP contribution in [0, 0.1) is 17.0 Å². The molecule has 0 aliphatic rings. The molecule has 11 heteroatoms. The number of non-ortho nitro benzene ring substituents is 1. The summed E-state index contributed by atoms with van der Waals surface area (Å²) in [6, 6.07) is 13.3. The third-order valence-corrected chi connectivity index (χ3v) is 4.30. The first-order valence-electron chi connectivity index (χ1n) is 9.14. The number of nitrogens with zero attached hydrogens (tertiary/aromatic N) is 2. The quantitative estimate of drug-likeness (QED) is 0.232. The zero-order valence-electron chi connectivity index (χ0n) is 16.7. The van der Waals surface area contributed by atoms with Gasteiger partial charge in [-0.05, 0) is 55.0 Å². The fourth-order valence-electron chi connectivity index (χ4n) is 2.72. The van der Waals surface area contributed by atoms with Gasteiger partial charge in [0.05, 0.1) is 11.1 Å². The van der Waals surface area contributed by atoms with Gasteiger partial charge in [-0.15, -0.1) is 0 Å². The number of aryl methyl sites for hydroxylation is 1. The van der Waals surface area contributed by atoms with Gasteiger partial charge in [-0.1, -0.05) is 0 Å². The number of nitrogens with two attached hydrogens (primary N) is 1. The zero-order valence-corrected chi connectivity index (χ0v) is 16.7. The molecule has 2 aromatic carbocycles. The van der Waals surface area contributed by atoms with Crippen molar-refractivity contribution in [2.24, 2.45) is 10.8 Å². The van der Waals surface area contributed by atoms with E-state index in [-0.39, 0.29) is 11.3 Å². The molecule has 1 heterocycles. The van der Waals surface area contributed by atoms with Gasteiger partial charge in [0, 0.05) is 28.9 Å². The van der Waals surface area contributed by atoms with E-state index in [1.165, 1.54) is 42.6 Å². The Labute approximate surface area is 181 Å². The van der Waals surface area contributed by atoms with E-state index in [4.69, 9.17) is 10.2 Å². The van der Waals surface area contributed by atoms with Gasteiger partial charge in [0.15, 0.2) is 0 Å². The number of nitro groups is 1. The van der Waals surface area contributed by atoms with Gasteiger partial charge in [0.2, 0.25) is 5.91 Å². The molecule has 4 N–H and O–H groups in total. The molecule has 3 amide bonds. The fraction of sp³-hybridized carbons (Fsp3) is 0.0476. The Bertz CT molecular complexity index is 1230. The van der Waals surface area contributed by atoms with Crippen LogP contribution in [0.1, 0.15) is 21.7 Å². The summed E-state index contributed by atoms with van der Waals surface area (Å²) in [5, 5.41) is 16.9. The highest BCUT2D eigenvalue weighted by Gasteiger charge is 2.14. The second kappa shape index (κ2) is 9.34. The summed E-state index contributed by atoms with van der Waals surface area (Å²) in [6.07, 6.45) is 1.21. The lowest BCUT2D eigenvalue weighted by Gasteiger charge is -2.04. The van der Waals surface area contributed by atoms with Crippen molar-refractivity contribution in [3.8, 4) is 11.3 Å². The van der Waals surface area contributed by atoms with E-state index < -0.39 is 22.6 Å². The molecule has 0 spiro atoms. The SMILES string of the molecule is Cc1cc([N+](=O)[O-])ccc1-c1ccc(C=NNC(=O)C(=O)Nc2ccc(C(N)=O)cc2)o1. The summed E-state index contributed by atoms with van der Waals surface area (Å²) >= 11 is 0. The molecule has 0 fully saturated rings. The van der Waals surface area contributed by atoms with Crippen molar-refractivity contribution < 1.29 is 23.7 Å². The van der Waals surface area contributed by atoms with Gasteiger partial charge in [0.1, 0.15) is 11.5 Å².